The molecule has 9 rings (SSSR count). The molecule has 7 aromatic heterocycles. The molecule has 86 heavy (non-hydrogen) atoms. The third-order valence-corrected chi connectivity index (χ3v) is 18.7. The number of aromatic nitrogens is 7. The molecule has 0 aliphatic carbocycles. The summed E-state index contributed by atoms with van der Waals surface area (Å²) in [5.74, 6) is -3.62. The summed E-state index contributed by atoms with van der Waals surface area (Å²) in [7, 11) is 4.23. The van der Waals surface area contributed by atoms with Crippen molar-refractivity contribution in [2.45, 2.75) is 83.7 Å². The first kappa shape index (κ1) is 62.2. The lowest BCUT2D eigenvalue weighted by Gasteiger charge is -2.26. The SMILES string of the molecule is CNC(=O)C[C@@H]1NC(=O)c2csc(n2)-c2ccc(-c3nc(NC(=O)CCCCC(=O)OC)cs3)nc2-c2csc(n2)-c2csc(n2)[C@H]([C@@H](OC(N)=O)c2ccccc2)NC(=O)CNC(=O)c2nc(sc2COC)[C@H](C(C)C)NC(=O)c2nc1sc2C. The zero-order valence-electron chi connectivity index (χ0n) is 46.8. The first-order chi connectivity index (χ1) is 41.4. The fourth-order valence-electron chi connectivity index (χ4n) is 8.75. The van der Waals surface area contributed by atoms with E-state index in [0.717, 1.165) is 45.3 Å². The molecule has 8 heterocycles. The van der Waals surface area contributed by atoms with E-state index in [1.807, 2.05) is 13.8 Å². The lowest BCUT2D eigenvalue weighted by molar-refractivity contribution is -0.140. The molecule has 0 fully saturated rings. The molecule has 31 heteroatoms. The Morgan fingerprint density at radius 1 is 0.674 bits per heavy atom. The number of unbranched alkanes of at least 4 members (excludes halogenated alkanes) is 1. The minimum atomic E-state index is -1.21. The second-order valence-electron chi connectivity index (χ2n) is 19.4. The van der Waals surface area contributed by atoms with Crippen LogP contribution in [-0.2, 0) is 40.0 Å². The van der Waals surface area contributed by atoms with E-state index in [1.165, 1.54) is 43.9 Å². The number of anilines is 1. The van der Waals surface area contributed by atoms with Gasteiger partial charge in [-0.25, -0.2) is 39.7 Å². The molecule has 25 nitrogen and oxygen atoms in total. The predicted octanol–water partition coefficient (Wildman–Crippen LogP) is 8.09. The standard InChI is InChI=1S/C55H56N14O11S6/c1-25(2)40-54-69-43(34(86-54)20-78-5)47(75)58-19-38(72)66-44(45(80-55(56)77)27-12-8-7-9-13-27)53-63-33(23-83-53)51-61-31(21-82-51)42-28(16-17-29(59-42)50-65-35(24-84-50)64-36(70)14-10-11-15-39(73)79-6)49-62-32(22-81-49)46(74)60-30(18-37(71)57-4)52-68-41(26(3)85-52)48(76)67-40/h7-9,12-13,16-17,21-25,30,40,44-45H,10-11,14-15,18-20H2,1-6H3,(H2,56,77)(H,57,71)(H,58,75)(H,60,74)(H,64,70)(H,66,72)(H,67,76)/t30-,40-,44-,45-/m0/s1. The van der Waals surface area contributed by atoms with Crippen molar-refractivity contribution < 1.29 is 52.6 Å². The zero-order chi connectivity index (χ0) is 61.2. The highest BCUT2D eigenvalue weighted by Gasteiger charge is 2.35. The molecule has 8 aromatic rings. The van der Waals surface area contributed by atoms with E-state index in [2.05, 4.69) is 41.9 Å². The average Bonchev–Trinajstić information content (AvgIpc) is 2.06. The smallest absolute Gasteiger partial charge is 0.405 e. The Morgan fingerprint density at radius 3 is 2.13 bits per heavy atom. The summed E-state index contributed by atoms with van der Waals surface area (Å²) in [6.07, 6.45) is -1.26. The Labute approximate surface area is 515 Å². The number of rotatable bonds is 15. The van der Waals surface area contributed by atoms with E-state index in [0.29, 0.717) is 82.3 Å². The van der Waals surface area contributed by atoms with E-state index >= 15 is 0 Å². The summed E-state index contributed by atoms with van der Waals surface area (Å²) in [6.45, 7) is 4.84. The van der Waals surface area contributed by atoms with Crippen molar-refractivity contribution in [2.24, 2.45) is 11.7 Å². The summed E-state index contributed by atoms with van der Waals surface area (Å²) >= 11 is 7.06. The third kappa shape index (κ3) is 15.0. The van der Waals surface area contributed by atoms with Crippen LogP contribution in [-0.4, -0.2) is 110 Å². The monoisotopic (exact) mass is 1280 g/mol. The number of thiazole rings is 6. The van der Waals surface area contributed by atoms with Gasteiger partial charge in [-0.2, -0.15) is 0 Å². The van der Waals surface area contributed by atoms with Crippen LogP contribution in [0.25, 0.3) is 43.4 Å². The number of nitrogens with zero attached hydrogens (tertiary/aromatic N) is 7. The van der Waals surface area contributed by atoms with E-state index in [4.69, 9.17) is 44.9 Å². The fraction of sp³-hybridized carbons (Fsp3) is 0.327. The second kappa shape index (κ2) is 28.2. The largest absolute Gasteiger partial charge is 0.469 e. The number of fused-ring (bicyclic) bond motifs is 14. The molecule has 1 aromatic carbocycles. The summed E-state index contributed by atoms with van der Waals surface area (Å²) in [5, 5.41) is 25.9. The topological polar surface area (TPSA) is 353 Å². The summed E-state index contributed by atoms with van der Waals surface area (Å²) in [5.41, 5.74) is 8.16. The van der Waals surface area contributed by atoms with Crippen LogP contribution in [0.4, 0.5) is 10.6 Å². The number of carbonyl (C=O) groups excluding carboxylic acids is 8. The highest BCUT2D eigenvalue weighted by molar-refractivity contribution is 7.15. The van der Waals surface area contributed by atoms with Gasteiger partial charge in [-0.1, -0.05) is 44.2 Å². The molecule has 448 valence electrons. The number of esters is 1. The van der Waals surface area contributed by atoms with Gasteiger partial charge in [-0.3, -0.25) is 33.6 Å². The third-order valence-electron chi connectivity index (χ3n) is 13.0. The fourth-order valence-corrected chi connectivity index (χ4v) is 14.2. The van der Waals surface area contributed by atoms with Gasteiger partial charge in [-0.05, 0) is 43.4 Å². The Kier molecular flexibility index (Phi) is 20.4. The van der Waals surface area contributed by atoms with Crippen molar-refractivity contribution in [3.05, 3.63) is 111 Å². The lowest BCUT2D eigenvalue weighted by atomic mass is 10.0. The van der Waals surface area contributed by atoms with Crippen molar-refractivity contribution >= 4 is 121 Å². The van der Waals surface area contributed by atoms with Crippen LogP contribution in [0.3, 0.4) is 0 Å². The number of nitrogens with one attached hydrogen (secondary N) is 6. The molecule has 0 radical (unpaired) electrons. The Balaban J connectivity index is 1.12. The first-order valence-electron chi connectivity index (χ1n) is 26.5. The maximum absolute atomic E-state index is 14.3. The van der Waals surface area contributed by atoms with E-state index in [1.54, 1.807) is 70.9 Å². The predicted molar refractivity (Wildman–Crippen MR) is 324 cm³/mol. The number of nitrogens with two attached hydrogens (primary N) is 1. The van der Waals surface area contributed by atoms with Gasteiger partial charge in [0.15, 0.2) is 6.10 Å². The van der Waals surface area contributed by atoms with Crippen molar-refractivity contribution in [1.82, 2.24) is 61.5 Å². The normalized spacial score (nSPS) is 16.0. The highest BCUT2D eigenvalue weighted by atomic mass is 32.1. The minimum Gasteiger partial charge on any atom is -0.469 e. The van der Waals surface area contributed by atoms with Crippen LogP contribution in [0, 0.1) is 12.8 Å². The maximum atomic E-state index is 14.3. The Bertz CT molecular complexity index is 3820. The van der Waals surface area contributed by atoms with Gasteiger partial charge in [0.1, 0.15) is 76.1 Å². The van der Waals surface area contributed by atoms with Gasteiger partial charge < -0.3 is 51.8 Å². The van der Waals surface area contributed by atoms with Crippen LogP contribution in [0.5, 0.6) is 0 Å². The number of methoxy groups -OCH3 is 2. The van der Waals surface area contributed by atoms with Crippen LogP contribution < -0.4 is 37.6 Å². The van der Waals surface area contributed by atoms with Crippen molar-refractivity contribution in [1.29, 1.82) is 0 Å². The molecule has 0 saturated carbocycles. The second-order valence-corrected chi connectivity index (χ2v) is 25.2. The summed E-state index contributed by atoms with van der Waals surface area (Å²) in [6, 6.07) is 9.21. The number of carbonyl (C=O) groups is 8. The zero-order valence-corrected chi connectivity index (χ0v) is 51.7. The maximum Gasteiger partial charge on any atom is 0.405 e. The van der Waals surface area contributed by atoms with Gasteiger partial charge in [0.25, 0.3) is 17.7 Å². The number of hydrogen-bond donors (Lipinski definition) is 7. The van der Waals surface area contributed by atoms with Gasteiger partial charge in [0.2, 0.25) is 17.7 Å². The molecular weight excluding hydrogens is 1230 g/mol. The molecule has 7 amide bonds. The number of benzene rings is 1. The van der Waals surface area contributed by atoms with Crippen molar-refractivity contribution in [3.63, 3.8) is 0 Å². The van der Waals surface area contributed by atoms with E-state index < -0.39 is 66.4 Å². The highest BCUT2D eigenvalue weighted by Crippen LogP contribution is 2.41. The first-order valence-corrected chi connectivity index (χ1v) is 31.6. The van der Waals surface area contributed by atoms with Gasteiger partial charge >= 0.3 is 12.1 Å². The number of primary amides is 1. The number of ether oxygens (including phenoxy) is 3. The van der Waals surface area contributed by atoms with Crippen molar-refractivity contribution in [2.75, 3.05) is 33.1 Å². The van der Waals surface area contributed by atoms with E-state index in [-0.39, 0.29) is 70.8 Å². The number of aryl methyl sites for hydroxylation is 1. The minimum absolute atomic E-state index is 0.0107. The molecule has 0 saturated heterocycles. The van der Waals surface area contributed by atoms with Crippen LogP contribution in [0.15, 0.2) is 64.0 Å². The number of pyridine rings is 1. The van der Waals surface area contributed by atoms with Crippen LogP contribution >= 0.6 is 68.0 Å². The summed E-state index contributed by atoms with van der Waals surface area (Å²) in [4.78, 5) is 142. The number of amides is 7. The molecule has 0 spiro atoms. The van der Waals surface area contributed by atoms with Gasteiger partial charge in [0, 0.05) is 59.0 Å². The van der Waals surface area contributed by atoms with Crippen LogP contribution in [0.1, 0.15) is 132 Å². The molecule has 10 bridgehead atoms. The molecule has 4 atom stereocenters. The molecule has 0 unspecified atom stereocenters. The lowest BCUT2D eigenvalue weighted by Crippen LogP contribution is -2.41. The van der Waals surface area contributed by atoms with Crippen LogP contribution in [0.2, 0.25) is 0 Å². The van der Waals surface area contributed by atoms with E-state index in [9.17, 15) is 38.4 Å². The quantitative estimate of drug-likeness (QED) is 0.0376. The van der Waals surface area contributed by atoms with Gasteiger partial charge in [-0.15, -0.1) is 68.0 Å². The molecule has 8 N–H and O–H groups in total. The molecule has 1 aliphatic heterocycles. The average molecular weight is 1280 g/mol. The van der Waals surface area contributed by atoms with Gasteiger partial charge in [0.05, 0.1) is 49.3 Å². The molecule has 1 aliphatic rings. The Hall–Kier alpha value is -8.33. The number of hydrogen-bond acceptors (Lipinski definition) is 24. The molecular formula is C55H56N14O11S6. The Morgan fingerprint density at radius 2 is 1.38 bits per heavy atom. The summed E-state index contributed by atoms with van der Waals surface area (Å²) < 4.78 is 15.9. The van der Waals surface area contributed by atoms with Crippen molar-refractivity contribution in [3.8, 4) is 43.4 Å².